The van der Waals surface area contributed by atoms with Crippen molar-refractivity contribution in [2.75, 3.05) is 14.1 Å². The van der Waals surface area contributed by atoms with Crippen LogP contribution in [0.3, 0.4) is 0 Å². The van der Waals surface area contributed by atoms with Gasteiger partial charge >= 0.3 is 5.97 Å². The molecule has 3 aromatic rings. The lowest BCUT2D eigenvalue weighted by molar-refractivity contribution is -0.138. The van der Waals surface area contributed by atoms with Gasteiger partial charge in [-0.05, 0) is 79.3 Å². The van der Waals surface area contributed by atoms with E-state index in [9.17, 15) is 14.0 Å². The molecular weight excluding hydrogens is 449 g/mol. The summed E-state index contributed by atoms with van der Waals surface area (Å²) >= 11 is 0. The van der Waals surface area contributed by atoms with Gasteiger partial charge in [0.05, 0.1) is 5.92 Å². The molecule has 0 radical (unpaired) electrons. The van der Waals surface area contributed by atoms with E-state index in [0.29, 0.717) is 47.6 Å². The van der Waals surface area contributed by atoms with Crippen molar-refractivity contribution in [2.45, 2.75) is 31.3 Å². The number of fused-ring (bicyclic) bond motifs is 1. The molecule has 0 aromatic heterocycles. The Kier molecular flexibility index (Phi) is 5.93. The summed E-state index contributed by atoms with van der Waals surface area (Å²) in [6, 6.07) is 17.3. The van der Waals surface area contributed by atoms with Crippen LogP contribution < -0.4 is 9.47 Å². The van der Waals surface area contributed by atoms with Crippen LogP contribution in [0.25, 0.3) is 0 Å². The van der Waals surface area contributed by atoms with Gasteiger partial charge in [-0.2, -0.15) is 0 Å². The molecule has 180 valence electrons. The van der Waals surface area contributed by atoms with E-state index in [1.807, 2.05) is 24.3 Å². The second-order valence-corrected chi connectivity index (χ2v) is 9.26. The number of carboxylic acids is 1. The molecule has 0 aliphatic heterocycles. The van der Waals surface area contributed by atoms with Crippen LogP contribution in [0.2, 0.25) is 0 Å². The van der Waals surface area contributed by atoms with Gasteiger partial charge in [-0.3, -0.25) is 9.59 Å². The number of amides is 1. The quantitative estimate of drug-likeness (QED) is 0.483. The molecule has 1 fully saturated rings. The summed E-state index contributed by atoms with van der Waals surface area (Å²) in [7, 11) is 3.40. The number of rotatable bonds is 7. The molecule has 2 aliphatic rings. The number of carboxylic acid groups (broad SMARTS) is 1. The Morgan fingerprint density at radius 3 is 2.29 bits per heavy atom. The molecule has 35 heavy (non-hydrogen) atoms. The second kappa shape index (κ2) is 9.06. The van der Waals surface area contributed by atoms with Crippen molar-refractivity contribution in [2.24, 2.45) is 5.92 Å². The molecular formula is C28H26FNO5. The number of carbonyl (C=O) groups is 2. The second-order valence-electron chi connectivity index (χ2n) is 9.26. The summed E-state index contributed by atoms with van der Waals surface area (Å²) in [5.74, 6) is 0.320. The molecule has 1 amide bonds. The molecule has 3 aromatic carbocycles. The van der Waals surface area contributed by atoms with Crippen LogP contribution in [0, 0.1) is 11.7 Å². The van der Waals surface area contributed by atoms with Gasteiger partial charge in [0.1, 0.15) is 29.2 Å². The Balaban J connectivity index is 1.30. The number of nitrogens with zero attached hydrogens (tertiary/aromatic N) is 1. The average Bonchev–Trinajstić information content (AvgIpc) is 3.55. The number of aliphatic carboxylic acids is 1. The van der Waals surface area contributed by atoms with Crippen molar-refractivity contribution in [3.8, 4) is 17.2 Å². The largest absolute Gasteiger partial charge is 0.486 e. The van der Waals surface area contributed by atoms with Crippen LogP contribution in [0.5, 0.6) is 17.2 Å². The van der Waals surface area contributed by atoms with E-state index in [4.69, 9.17) is 14.6 Å². The maximum atomic E-state index is 14.8. The van der Waals surface area contributed by atoms with Gasteiger partial charge in [0, 0.05) is 30.8 Å². The first-order valence-electron chi connectivity index (χ1n) is 11.6. The van der Waals surface area contributed by atoms with Crippen molar-refractivity contribution in [1.29, 1.82) is 0 Å². The van der Waals surface area contributed by atoms with E-state index in [1.165, 1.54) is 11.0 Å². The normalized spacial score (nSPS) is 20.1. The number of hydrogen-bond donors (Lipinski definition) is 1. The Bertz CT molecular complexity index is 1270. The number of benzene rings is 3. The summed E-state index contributed by atoms with van der Waals surface area (Å²) in [5.41, 5.74) is 2.82. The molecule has 2 aliphatic carbocycles. The van der Waals surface area contributed by atoms with Gasteiger partial charge in [-0.15, -0.1) is 0 Å². The van der Waals surface area contributed by atoms with Crippen LogP contribution in [-0.2, 0) is 11.2 Å². The summed E-state index contributed by atoms with van der Waals surface area (Å²) in [5, 5.41) is 9.13. The smallest absolute Gasteiger partial charge is 0.307 e. The average molecular weight is 476 g/mol. The zero-order valence-electron chi connectivity index (χ0n) is 19.5. The highest BCUT2D eigenvalue weighted by molar-refractivity contribution is 5.93. The van der Waals surface area contributed by atoms with E-state index in [2.05, 4.69) is 0 Å². The lowest BCUT2D eigenvalue weighted by atomic mass is 10.1. The van der Waals surface area contributed by atoms with Crippen molar-refractivity contribution < 1.29 is 28.6 Å². The van der Waals surface area contributed by atoms with Crippen molar-refractivity contribution in [1.82, 2.24) is 4.90 Å². The minimum atomic E-state index is -0.760. The lowest BCUT2D eigenvalue weighted by Crippen LogP contribution is -2.21. The van der Waals surface area contributed by atoms with Gasteiger partial charge in [0.15, 0.2) is 0 Å². The minimum Gasteiger partial charge on any atom is -0.486 e. The highest BCUT2D eigenvalue weighted by Gasteiger charge is 2.44. The first-order valence-corrected chi connectivity index (χ1v) is 11.6. The maximum absolute atomic E-state index is 14.8. The first-order chi connectivity index (χ1) is 16.8. The van der Waals surface area contributed by atoms with E-state index in [-0.39, 0.29) is 23.6 Å². The summed E-state index contributed by atoms with van der Waals surface area (Å²) in [6.07, 6.45) is 1.46. The van der Waals surface area contributed by atoms with Gasteiger partial charge < -0.3 is 19.5 Å². The van der Waals surface area contributed by atoms with Crippen molar-refractivity contribution in [3.05, 3.63) is 88.7 Å². The number of hydrogen-bond acceptors (Lipinski definition) is 4. The molecule has 7 heteroatoms. The molecule has 3 atom stereocenters. The third-order valence-electron chi connectivity index (χ3n) is 6.67. The molecule has 1 saturated carbocycles. The molecule has 6 nitrogen and oxygen atoms in total. The van der Waals surface area contributed by atoms with Gasteiger partial charge in [0.25, 0.3) is 5.91 Å². The summed E-state index contributed by atoms with van der Waals surface area (Å²) in [6.45, 7) is 0. The molecule has 0 spiro atoms. The van der Waals surface area contributed by atoms with E-state index < -0.39 is 12.1 Å². The Labute approximate surface area is 202 Å². The fourth-order valence-electron chi connectivity index (χ4n) is 4.70. The van der Waals surface area contributed by atoms with Gasteiger partial charge in [-0.1, -0.05) is 12.1 Å². The van der Waals surface area contributed by atoms with Crippen LogP contribution in [0.15, 0.2) is 60.7 Å². The Morgan fingerprint density at radius 1 is 0.971 bits per heavy atom. The van der Waals surface area contributed by atoms with Crippen LogP contribution >= 0.6 is 0 Å². The van der Waals surface area contributed by atoms with Crippen molar-refractivity contribution in [3.63, 3.8) is 0 Å². The van der Waals surface area contributed by atoms with E-state index >= 15 is 0 Å². The molecule has 5 rings (SSSR count). The van der Waals surface area contributed by atoms with E-state index in [1.54, 1.807) is 44.4 Å². The topological polar surface area (TPSA) is 76.1 Å². The van der Waals surface area contributed by atoms with E-state index in [0.717, 1.165) is 11.1 Å². The van der Waals surface area contributed by atoms with Gasteiger partial charge in [-0.25, -0.2) is 4.39 Å². The van der Waals surface area contributed by atoms with Crippen LogP contribution in [0.1, 0.15) is 51.9 Å². The SMILES string of the molecule is CN(C)C(=O)c1ccc(Oc2ccc(F)c3c2CC[C@H]3Oc2ccc([C@H]3C[C@@H]3C(=O)O)cc2)cc1. The lowest BCUT2D eigenvalue weighted by Gasteiger charge is -2.17. The fraction of sp³-hybridized carbons (Fsp3) is 0.286. The molecule has 0 saturated heterocycles. The van der Waals surface area contributed by atoms with Crippen molar-refractivity contribution >= 4 is 11.9 Å². The summed E-state index contributed by atoms with van der Waals surface area (Å²) in [4.78, 5) is 24.7. The zero-order chi connectivity index (χ0) is 24.7. The molecule has 0 bridgehead atoms. The van der Waals surface area contributed by atoms with Crippen LogP contribution in [-0.4, -0.2) is 36.0 Å². The standard InChI is InChI=1S/C28H26FNO5/c1-30(2)27(31)17-5-9-18(10-6-17)34-24-14-12-23(29)26-20(24)11-13-25(26)35-19-7-3-16(4-8-19)21-15-22(21)28(32)33/h3-10,12,14,21-22,25H,11,13,15H2,1-2H3,(H,32,33)/t21-,22+,25-/m1/s1. The predicted octanol–water partition coefficient (Wildman–Crippen LogP) is 5.57. The molecule has 0 heterocycles. The highest BCUT2D eigenvalue weighted by Crippen LogP contribution is 2.48. The minimum absolute atomic E-state index is 0.0565. The predicted molar refractivity (Wildman–Crippen MR) is 128 cm³/mol. The third-order valence-corrected chi connectivity index (χ3v) is 6.67. The fourth-order valence-corrected chi connectivity index (χ4v) is 4.70. The zero-order valence-corrected chi connectivity index (χ0v) is 19.5. The number of halogens is 1. The number of carbonyl (C=O) groups excluding carboxylic acids is 1. The van der Waals surface area contributed by atoms with Gasteiger partial charge in [0.2, 0.25) is 0 Å². The molecule has 0 unspecified atom stereocenters. The Morgan fingerprint density at radius 2 is 1.66 bits per heavy atom. The first kappa shape index (κ1) is 22.9. The maximum Gasteiger partial charge on any atom is 0.307 e. The third kappa shape index (κ3) is 4.58. The highest BCUT2D eigenvalue weighted by atomic mass is 19.1. The number of ether oxygens (including phenoxy) is 2. The monoisotopic (exact) mass is 475 g/mol. The molecule has 1 N–H and O–H groups in total. The summed E-state index contributed by atoms with van der Waals surface area (Å²) < 4.78 is 27.0. The van der Waals surface area contributed by atoms with Crippen LogP contribution in [0.4, 0.5) is 4.39 Å². The Hall–Kier alpha value is -3.87.